The van der Waals surface area contributed by atoms with Crippen molar-refractivity contribution in [3.8, 4) is 0 Å². The van der Waals surface area contributed by atoms with E-state index in [-0.39, 0.29) is 5.97 Å². The highest BCUT2D eigenvalue weighted by atomic mass is 16.8. The SMILES string of the molecule is Cc1ccccc1C(=O)OC1COC2(CCCCC2)O1. The predicted octanol–water partition coefficient (Wildman–Crippen LogP) is 3.19. The van der Waals surface area contributed by atoms with Crippen molar-refractivity contribution in [2.45, 2.75) is 51.1 Å². The summed E-state index contributed by atoms with van der Waals surface area (Å²) in [5.74, 6) is -0.848. The number of hydrogen-bond donors (Lipinski definition) is 0. The summed E-state index contributed by atoms with van der Waals surface area (Å²) in [6.45, 7) is 2.23. The summed E-state index contributed by atoms with van der Waals surface area (Å²) < 4.78 is 17.0. The van der Waals surface area contributed by atoms with Crippen LogP contribution in [0.4, 0.5) is 0 Å². The van der Waals surface area contributed by atoms with Gasteiger partial charge < -0.3 is 14.2 Å². The molecule has 1 aliphatic carbocycles. The molecule has 2 fully saturated rings. The summed E-state index contributed by atoms with van der Waals surface area (Å²) in [7, 11) is 0. The predicted molar refractivity (Wildman–Crippen MR) is 73.2 cm³/mol. The molecule has 1 atom stereocenters. The number of carbonyl (C=O) groups excluding carboxylic acids is 1. The van der Waals surface area contributed by atoms with Gasteiger partial charge in [0.1, 0.15) is 6.61 Å². The maximum atomic E-state index is 12.1. The number of esters is 1. The van der Waals surface area contributed by atoms with E-state index in [0.717, 1.165) is 31.2 Å². The van der Waals surface area contributed by atoms with Gasteiger partial charge in [0, 0.05) is 12.8 Å². The molecule has 20 heavy (non-hydrogen) atoms. The lowest BCUT2D eigenvalue weighted by Crippen LogP contribution is -2.34. The molecule has 1 spiro atoms. The molecule has 1 heterocycles. The van der Waals surface area contributed by atoms with Crippen LogP contribution in [0.5, 0.6) is 0 Å². The van der Waals surface area contributed by atoms with Gasteiger partial charge in [-0.15, -0.1) is 0 Å². The van der Waals surface area contributed by atoms with E-state index in [1.54, 1.807) is 6.07 Å². The zero-order chi connectivity index (χ0) is 14.0. The molecule has 3 rings (SSSR count). The Morgan fingerprint density at radius 3 is 2.75 bits per heavy atom. The standard InChI is InChI=1S/C16H20O4/c1-12-7-3-4-8-13(12)15(17)19-14-11-18-16(20-14)9-5-2-6-10-16/h3-4,7-8,14H,2,5-6,9-11H2,1H3. The highest BCUT2D eigenvalue weighted by molar-refractivity contribution is 5.91. The number of rotatable bonds is 2. The maximum absolute atomic E-state index is 12.1. The van der Waals surface area contributed by atoms with E-state index < -0.39 is 12.1 Å². The smallest absolute Gasteiger partial charge is 0.340 e. The summed E-state index contributed by atoms with van der Waals surface area (Å²) in [4.78, 5) is 12.1. The van der Waals surface area contributed by atoms with Crippen LogP contribution < -0.4 is 0 Å². The normalized spacial score (nSPS) is 24.8. The lowest BCUT2D eigenvalue weighted by molar-refractivity contribution is -0.213. The maximum Gasteiger partial charge on any atom is 0.340 e. The number of benzene rings is 1. The van der Waals surface area contributed by atoms with Gasteiger partial charge in [0.2, 0.25) is 6.29 Å². The van der Waals surface area contributed by atoms with Gasteiger partial charge in [0.15, 0.2) is 5.79 Å². The zero-order valence-electron chi connectivity index (χ0n) is 11.8. The Balaban J connectivity index is 1.62. The fourth-order valence-corrected chi connectivity index (χ4v) is 2.92. The molecule has 0 radical (unpaired) electrons. The van der Waals surface area contributed by atoms with Crippen LogP contribution in [0.25, 0.3) is 0 Å². The largest absolute Gasteiger partial charge is 0.429 e. The van der Waals surface area contributed by atoms with Gasteiger partial charge in [0.25, 0.3) is 0 Å². The number of aryl methyl sites for hydroxylation is 1. The van der Waals surface area contributed by atoms with Gasteiger partial charge in [-0.05, 0) is 31.4 Å². The quantitative estimate of drug-likeness (QED) is 0.778. The lowest BCUT2D eigenvalue weighted by Gasteiger charge is -2.31. The van der Waals surface area contributed by atoms with Crippen LogP contribution in [-0.4, -0.2) is 24.7 Å². The highest BCUT2D eigenvalue weighted by Gasteiger charge is 2.43. The van der Waals surface area contributed by atoms with Gasteiger partial charge in [-0.3, -0.25) is 0 Å². The minimum atomic E-state index is -0.583. The molecule has 0 N–H and O–H groups in total. The van der Waals surface area contributed by atoms with Crippen molar-refractivity contribution in [1.82, 2.24) is 0 Å². The molecule has 0 amide bonds. The average molecular weight is 276 g/mol. The molecule has 0 bridgehead atoms. The molecule has 1 saturated carbocycles. The zero-order valence-corrected chi connectivity index (χ0v) is 11.8. The molecule has 1 aliphatic heterocycles. The highest BCUT2D eigenvalue weighted by Crippen LogP contribution is 2.38. The molecule has 1 saturated heterocycles. The molecular formula is C16H20O4. The van der Waals surface area contributed by atoms with E-state index in [1.165, 1.54) is 6.42 Å². The van der Waals surface area contributed by atoms with E-state index in [9.17, 15) is 4.79 Å². The van der Waals surface area contributed by atoms with Crippen molar-refractivity contribution < 1.29 is 19.0 Å². The molecular weight excluding hydrogens is 256 g/mol. The van der Waals surface area contributed by atoms with Crippen LogP contribution >= 0.6 is 0 Å². The summed E-state index contributed by atoms with van der Waals surface area (Å²) in [5, 5.41) is 0. The molecule has 1 aromatic rings. The van der Waals surface area contributed by atoms with Crippen molar-refractivity contribution in [2.24, 2.45) is 0 Å². The summed E-state index contributed by atoms with van der Waals surface area (Å²) in [5.41, 5.74) is 1.49. The van der Waals surface area contributed by atoms with E-state index in [4.69, 9.17) is 14.2 Å². The van der Waals surface area contributed by atoms with E-state index in [0.29, 0.717) is 12.2 Å². The lowest BCUT2D eigenvalue weighted by atomic mass is 9.94. The Hall–Kier alpha value is -1.39. The Morgan fingerprint density at radius 1 is 1.25 bits per heavy atom. The third kappa shape index (κ3) is 2.72. The monoisotopic (exact) mass is 276 g/mol. The second kappa shape index (κ2) is 5.54. The molecule has 2 aliphatic rings. The third-order valence-electron chi connectivity index (χ3n) is 4.05. The van der Waals surface area contributed by atoms with Gasteiger partial charge in [0.05, 0.1) is 5.56 Å². The first-order valence-electron chi connectivity index (χ1n) is 7.27. The molecule has 108 valence electrons. The minimum Gasteiger partial charge on any atom is -0.429 e. The number of ether oxygens (including phenoxy) is 3. The first-order valence-corrected chi connectivity index (χ1v) is 7.27. The Bertz CT molecular complexity index is 491. The van der Waals surface area contributed by atoms with Crippen molar-refractivity contribution in [1.29, 1.82) is 0 Å². The summed E-state index contributed by atoms with van der Waals surface area (Å²) in [6.07, 6.45) is 4.65. The fraction of sp³-hybridized carbons (Fsp3) is 0.562. The molecule has 4 heteroatoms. The second-order valence-electron chi connectivity index (χ2n) is 5.55. The van der Waals surface area contributed by atoms with Crippen molar-refractivity contribution >= 4 is 5.97 Å². The third-order valence-corrected chi connectivity index (χ3v) is 4.05. The van der Waals surface area contributed by atoms with E-state index >= 15 is 0 Å². The molecule has 4 nitrogen and oxygen atoms in total. The number of hydrogen-bond acceptors (Lipinski definition) is 4. The van der Waals surface area contributed by atoms with E-state index in [2.05, 4.69) is 0 Å². The first kappa shape index (κ1) is 13.6. The van der Waals surface area contributed by atoms with Crippen molar-refractivity contribution in [3.05, 3.63) is 35.4 Å². The topological polar surface area (TPSA) is 44.8 Å². The Kier molecular flexibility index (Phi) is 3.76. The number of carbonyl (C=O) groups is 1. The average Bonchev–Trinajstić information content (AvgIpc) is 2.82. The Labute approximate surface area is 119 Å². The second-order valence-corrected chi connectivity index (χ2v) is 5.55. The molecule has 1 unspecified atom stereocenters. The van der Waals surface area contributed by atoms with Crippen LogP contribution in [0.3, 0.4) is 0 Å². The fourth-order valence-electron chi connectivity index (χ4n) is 2.92. The molecule has 0 aromatic heterocycles. The van der Waals surface area contributed by atoms with Crippen LogP contribution in [0.1, 0.15) is 48.0 Å². The van der Waals surface area contributed by atoms with Crippen LogP contribution in [0.2, 0.25) is 0 Å². The van der Waals surface area contributed by atoms with Crippen molar-refractivity contribution in [3.63, 3.8) is 0 Å². The van der Waals surface area contributed by atoms with Crippen LogP contribution in [0, 0.1) is 6.92 Å². The van der Waals surface area contributed by atoms with E-state index in [1.807, 2.05) is 25.1 Å². The molecule has 1 aromatic carbocycles. The van der Waals surface area contributed by atoms with Gasteiger partial charge in [-0.25, -0.2) is 4.79 Å². The summed E-state index contributed by atoms with van der Waals surface area (Å²) in [6, 6.07) is 7.39. The van der Waals surface area contributed by atoms with Gasteiger partial charge in [-0.2, -0.15) is 0 Å². The van der Waals surface area contributed by atoms with Gasteiger partial charge >= 0.3 is 5.97 Å². The van der Waals surface area contributed by atoms with Crippen molar-refractivity contribution in [2.75, 3.05) is 6.61 Å². The van der Waals surface area contributed by atoms with Crippen LogP contribution in [0.15, 0.2) is 24.3 Å². The minimum absolute atomic E-state index is 0.331. The Morgan fingerprint density at radius 2 is 2.00 bits per heavy atom. The van der Waals surface area contributed by atoms with Gasteiger partial charge in [-0.1, -0.05) is 24.6 Å². The summed E-state index contributed by atoms with van der Waals surface area (Å²) >= 11 is 0. The van der Waals surface area contributed by atoms with Crippen LogP contribution in [-0.2, 0) is 14.2 Å². The first-order chi connectivity index (χ1) is 9.69.